The quantitative estimate of drug-likeness (QED) is 0.200. The molecule has 0 atom stereocenters. The summed E-state index contributed by atoms with van der Waals surface area (Å²) in [5.74, 6) is 1.05. The summed E-state index contributed by atoms with van der Waals surface area (Å²) in [6, 6.07) is 29.6. The predicted octanol–water partition coefficient (Wildman–Crippen LogP) is 8.46. The van der Waals surface area contributed by atoms with E-state index in [4.69, 9.17) is 14.5 Å². The van der Waals surface area contributed by atoms with E-state index in [0.717, 1.165) is 38.1 Å². The van der Waals surface area contributed by atoms with Crippen molar-refractivity contribution in [3.63, 3.8) is 0 Å². The maximum Gasteiger partial charge on any atom is 0.271 e. The minimum absolute atomic E-state index is 0.130. The second kappa shape index (κ2) is 11.9. The van der Waals surface area contributed by atoms with Crippen molar-refractivity contribution in [1.29, 1.82) is 0 Å². The molecule has 4 aromatic rings. The van der Waals surface area contributed by atoms with Crippen molar-refractivity contribution >= 4 is 56.2 Å². The second-order valence-electron chi connectivity index (χ2n) is 9.13. The van der Waals surface area contributed by atoms with Gasteiger partial charge in [0, 0.05) is 0 Å². The summed E-state index contributed by atoms with van der Waals surface area (Å²) >= 11 is 4.98. The molecule has 1 heterocycles. The third-order valence-corrected chi connectivity index (χ3v) is 7.69. The fourth-order valence-corrected chi connectivity index (χ4v) is 5.62. The molecule has 1 saturated heterocycles. The average Bonchev–Trinajstić information content (AvgIpc) is 3.24. The molecule has 4 aromatic carbocycles. The number of carbonyl (C=O) groups excluding carboxylic acids is 1. The van der Waals surface area contributed by atoms with E-state index in [1.165, 1.54) is 11.8 Å². The van der Waals surface area contributed by atoms with Crippen molar-refractivity contribution in [2.45, 2.75) is 20.5 Å². The lowest BCUT2D eigenvalue weighted by atomic mass is 10.1. The number of amides is 1. The number of rotatable bonds is 7. The molecule has 39 heavy (non-hydrogen) atoms. The van der Waals surface area contributed by atoms with E-state index in [2.05, 4.69) is 15.9 Å². The molecular weight excluding hydrogens is 572 g/mol. The number of hydrogen-bond acceptors (Lipinski definition) is 5. The Kier molecular flexibility index (Phi) is 8.19. The molecule has 0 saturated carbocycles. The van der Waals surface area contributed by atoms with E-state index >= 15 is 0 Å². The van der Waals surface area contributed by atoms with Gasteiger partial charge in [0.15, 0.2) is 16.7 Å². The lowest BCUT2D eigenvalue weighted by molar-refractivity contribution is -0.113. The number of ether oxygens (including phenoxy) is 2. The highest BCUT2D eigenvalue weighted by molar-refractivity contribution is 9.10. The number of benzene rings is 4. The van der Waals surface area contributed by atoms with Crippen molar-refractivity contribution in [1.82, 2.24) is 0 Å². The second-order valence-corrected chi connectivity index (χ2v) is 11.0. The Morgan fingerprint density at radius 1 is 0.923 bits per heavy atom. The summed E-state index contributed by atoms with van der Waals surface area (Å²) in [5.41, 5.74) is 5.71. The topological polar surface area (TPSA) is 51.1 Å². The lowest BCUT2D eigenvalue weighted by Gasteiger charge is -2.16. The first-order valence-corrected chi connectivity index (χ1v) is 14.0. The smallest absolute Gasteiger partial charge is 0.271 e. The molecule has 1 fully saturated rings. The Morgan fingerprint density at radius 2 is 1.59 bits per heavy atom. The minimum atomic E-state index is -0.130. The number of amidine groups is 1. The molecule has 7 heteroatoms. The van der Waals surface area contributed by atoms with Crippen molar-refractivity contribution < 1.29 is 14.3 Å². The molecule has 0 spiro atoms. The van der Waals surface area contributed by atoms with Crippen LogP contribution in [-0.4, -0.2) is 18.2 Å². The summed E-state index contributed by atoms with van der Waals surface area (Å²) < 4.78 is 12.5. The van der Waals surface area contributed by atoms with Gasteiger partial charge in [0.2, 0.25) is 0 Å². The molecule has 5 rings (SSSR count). The van der Waals surface area contributed by atoms with Crippen LogP contribution >= 0.6 is 27.7 Å². The Labute approximate surface area is 241 Å². The van der Waals surface area contributed by atoms with Gasteiger partial charge in [0.05, 0.1) is 27.9 Å². The van der Waals surface area contributed by atoms with Gasteiger partial charge in [0.25, 0.3) is 5.91 Å². The van der Waals surface area contributed by atoms with Gasteiger partial charge >= 0.3 is 0 Å². The summed E-state index contributed by atoms with van der Waals surface area (Å²) in [4.78, 5) is 20.8. The normalized spacial score (nSPS) is 15.3. The van der Waals surface area contributed by atoms with Crippen LogP contribution < -0.4 is 14.4 Å². The number of thioether (sulfide) groups is 1. The zero-order valence-electron chi connectivity index (χ0n) is 21.9. The van der Waals surface area contributed by atoms with Gasteiger partial charge in [-0.15, -0.1) is 0 Å². The van der Waals surface area contributed by atoms with E-state index < -0.39 is 0 Å². The molecule has 1 aliphatic rings. The first-order chi connectivity index (χ1) is 18.9. The van der Waals surface area contributed by atoms with Crippen molar-refractivity contribution in [2.24, 2.45) is 4.99 Å². The molecule has 0 N–H and O–H groups in total. The fraction of sp³-hybridized carbons (Fsp3) is 0.125. The molecule has 0 aromatic heterocycles. The van der Waals surface area contributed by atoms with E-state index in [0.29, 0.717) is 28.2 Å². The molecule has 1 aliphatic heterocycles. The van der Waals surface area contributed by atoms with Crippen molar-refractivity contribution in [2.75, 3.05) is 12.0 Å². The Bertz CT molecular complexity index is 1550. The number of aryl methyl sites for hydroxylation is 2. The predicted molar refractivity (Wildman–Crippen MR) is 164 cm³/mol. The van der Waals surface area contributed by atoms with Crippen LogP contribution in [0.2, 0.25) is 0 Å². The van der Waals surface area contributed by atoms with Crippen LogP contribution in [-0.2, 0) is 11.4 Å². The van der Waals surface area contributed by atoms with Gasteiger partial charge in [-0.25, -0.2) is 4.99 Å². The number of aliphatic imine (C=N–C) groups is 1. The Hall–Kier alpha value is -3.81. The average molecular weight is 600 g/mol. The van der Waals surface area contributed by atoms with Crippen LogP contribution in [0.4, 0.5) is 11.4 Å². The van der Waals surface area contributed by atoms with Crippen LogP contribution in [0.1, 0.15) is 22.3 Å². The third kappa shape index (κ3) is 6.27. The highest BCUT2D eigenvalue weighted by Gasteiger charge is 2.35. The van der Waals surface area contributed by atoms with Gasteiger partial charge in [-0.2, -0.15) is 0 Å². The zero-order valence-corrected chi connectivity index (χ0v) is 24.3. The summed E-state index contributed by atoms with van der Waals surface area (Å²) in [6.45, 7) is 4.47. The number of hydrogen-bond donors (Lipinski definition) is 0. The first-order valence-electron chi connectivity index (χ1n) is 12.4. The largest absolute Gasteiger partial charge is 0.493 e. The van der Waals surface area contributed by atoms with Crippen LogP contribution in [0.25, 0.3) is 6.08 Å². The monoisotopic (exact) mass is 598 g/mol. The van der Waals surface area contributed by atoms with Gasteiger partial charge in [-0.1, -0.05) is 65.7 Å². The highest BCUT2D eigenvalue weighted by atomic mass is 79.9. The van der Waals surface area contributed by atoms with Gasteiger partial charge in [-0.3, -0.25) is 9.69 Å². The van der Waals surface area contributed by atoms with Crippen molar-refractivity contribution in [3.05, 3.63) is 123 Å². The summed E-state index contributed by atoms with van der Waals surface area (Å²) in [5, 5.41) is 0.604. The summed E-state index contributed by atoms with van der Waals surface area (Å²) in [7, 11) is 1.61. The lowest BCUT2D eigenvalue weighted by Crippen LogP contribution is -2.28. The van der Waals surface area contributed by atoms with E-state index in [-0.39, 0.29) is 5.91 Å². The fourth-order valence-electron chi connectivity index (χ4n) is 4.04. The number of nitrogens with zero attached hydrogens (tertiary/aromatic N) is 2. The number of halogens is 1. The van der Waals surface area contributed by atoms with Crippen LogP contribution in [0.3, 0.4) is 0 Å². The van der Waals surface area contributed by atoms with Crippen molar-refractivity contribution in [3.8, 4) is 11.5 Å². The van der Waals surface area contributed by atoms with E-state index in [1.807, 2.05) is 111 Å². The maximum absolute atomic E-state index is 13.7. The standard InChI is InChI=1S/C32H27BrN2O3S/c1-21-9-13-25(14-10-21)34-32-35(26-15-11-22(2)12-16-26)31(36)29(39-32)19-24-17-27(33)30(28(18-24)37-3)38-20-23-7-5-4-6-8-23/h4-19H,20H2,1-3H3/b29-19-,34-32?. The van der Waals surface area contributed by atoms with Crippen LogP contribution in [0, 0.1) is 13.8 Å². The Balaban J connectivity index is 1.48. The van der Waals surface area contributed by atoms with Gasteiger partial charge in [-0.05, 0) is 95.1 Å². The van der Waals surface area contributed by atoms with E-state index in [1.54, 1.807) is 12.0 Å². The molecule has 0 radical (unpaired) electrons. The summed E-state index contributed by atoms with van der Waals surface area (Å²) in [6.07, 6.45) is 1.86. The third-order valence-electron chi connectivity index (χ3n) is 6.13. The first kappa shape index (κ1) is 26.8. The van der Waals surface area contributed by atoms with Crippen LogP contribution in [0.15, 0.2) is 105 Å². The molecule has 0 unspecified atom stereocenters. The molecule has 196 valence electrons. The number of methoxy groups -OCH3 is 1. The van der Waals surface area contributed by atoms with Gasteiger partial charge in [0.1, 0.15) is 6.61 Å². The highest BCUT2D eigenvalue weighted by Crippen LogP contribution is 2.41. The zero-order chi connectivity index (χ0) is 27.4. The molecular formula is C32H27BrN2O3S. The Morgan fingerprint density at radius 3 is 2.26 bits per heavy atom. The SMILES string of the molecule is COc1cc(/C=C2\SC(=Nc3ccc(C)cc3)N(c3ccc(C)cc3)C2=O)cc(Br)c1OCc1ccccc1. The molecule has 0 bridgehead atoms. The maximum atomic E-state index is 13.7. The molecule has 5 nitrogen and oxygen atoms in total. The number of anilines is 1. The number of carbonyl (C=O) groups is 1. The molecule has 0 aliphatic carbocycles. The minimum Gasteiger partial charge on any atom is -0.493 e. The van der Waals surface area contributed by atoms with E-state index in [9.17, 15) is 4.79 Å². The van der Waals surface area contributed by atoms with Crippen LogP contribution in [0.5, 0.6) is 11.5 Å². The molecule has 1 amide bonds. The van der Waals surface area contributed by atoms with Gasteiger partial charge < -0.3 is 9.47 Å².